The quantitative estimate of drug-likeness (QED) is 0.470. The summed E-state index contributed by atoms with van der Waals surface area (Å²) in [5.74, 6) is 1.24. The third-order valence-electron chi connectivity index (χ3n) is 5.32. The molecule has 152 valence electrons. The Labute approximate surface area is 178 Å². The molecule has 0 saturated carbocycles. The average Bonchev–Trinajstić information content (AvgIpc) is 3.02. The van der Waals surface area contributed by atoms with Crippen molar-refractivity contribution >= 4 is 22.5 Å². The first-order chi connectivity index (χ1) is 14.6. The Kier molecular flexibility index (Phi) is 4.89. The fourth-order valence-corrected chi connectivity index (χ4v) is 4.17. The number of halogens is 2. The van der Waals surface area contributed by atoms with Gasteiger partial charge in [0.1, 0.15) is 24.0 Å². The molecule has 5 rings (SSSR count). The van der Waals surface area contributed by atoms with Crippen LogP contribution in [-0.4, -0.2) is 32.6 Å². The fraction of sp³-hybridized carbons (Fsp3) is 0.217. The van der Waals surface area contributed by atoms with Crippen molar-refractivity contribution in [3.63, 3.8) is 0 Å². The van der Waals surface area contributed by atoms with E-state index in [-0.39, 0.29) is 5.82 Å². The Balaban J connectivity index is 1.49. The van der Waals surface area contributed by atoms with Gasteiger partial charge in [0.15, 0.2) is 0 Å². The second kappa shape index (κ2) is 7.70. The van der Waals surface area contributed by atoms with Crippen LogP contribution in [-0.2, 0) is 13.1 Å². The SMILES string of the molecule is Cc1ncc(CN2CCOc3c(Cl)cc(-n4ccc5cc(F)ccc54)cc3C2)cn1. The molecule has 0 saturated heterocycles. The minimum absolute atomic E-state index is 0.246. The Morgan fingerprint density at radius 1 is 1.13 bits per heavy atom. The zero-order chi connectivity index (χ0) is 20.7. The van der Waals surface area contributed by atoms with Crippen LogP contribution in [0.3, 0.4) is 0 Å². The van der Waals surface area contributed by atoms with Crippen LogP contribution < -0.4 is 4.74 Å². The van der Waals surface area contributed by atoms with Crippen molar-refractivity contribution in [1.82, 2.24) is 19.4 Å². The van der Waals surface area contributed by atoms with Crippen molar-refractivity contribution in [3.05, 3.63) is 82.8 Å². The van der Waals surface area contributed by atoms with Gasteiger partial charge in [-0.3, -0.25) is 4.90 Å². The Hall–Kier alpha value is -2.96. The number of rotatable bonds is 3. The maximum Gasteiger partial charge on any atom is 0.142 e. The topological polar surface area (TPSA) is 43.2 Å². The number of hydrogen-bond donors (Lipinski definition) is 0. The van der Waals surface area contributed by atoms with Crippen LogP contribution >= 0.6 is 11.6 Å². The van der Waals surface area contributed by atoms with E-state index in [0.29, 0.717) is 18.2 Å². The third-order valence-corrected chi connectivity index (χ3v) is 5.60. The number of ether oxygens (including phenoxy) is 1. The summed E-state index contributed by atoms with van der Waals surface area (Å²) in [4.78, 5) is 10.9. The number of hydrogen-bond acceptors (Lipinski definition) is 4. The average molecular weight is 423 g/mol. The van der Waals surface area contributed by atoms with Crippen molar-refractivity contribution in [2.75, 3.05) is 13.2 Å². The first-order valence-corrected chi connectivity index (χ1v) is 10.2. The van der Waals surface area contributed by atoms with Gasteiger partial charge in [-0.15, -0.1) is 0 Å². The first kappa shape index (κ1) is 19.0. The number of benzene rings is 2. The van der Waals surface area contributed by atoms with Crippen LogP contribution in [0.5, 0.6) is 5.75 Å². The van der Waals surface area contributed by atoms with E-state index in [2.05, 4.69) is 20.9 Å². The van der Waals surface area contributed by atoms with Crippen LogP contribution in [0.15, 0.2) is 55.0 Å². The molecule has 2 aromatic carbocycles. The van der Waals surface area contributed by atoms with Gasteiger partial charge in [0.25, 0.3) is 0 Å². The molecule has 30 heavy (non-hydrogen) atoms. The van der Waals surface area contributed by atoms with Crippen molar-refractivity contribution in [1.29, 1.82) is 0 Å². The van der Waals surface area contributed by atoms with E-state index < -0.39 is 0 Å². The van der Waals surface area contributed by atoms with Gasteiger partial charge >= 0.3 is 0 Å². The van der Waals surface area contributed by atoms with Gasteiger partial charge in [-0.1, -0.05) is 11.6 Å². The molecule has 5 nitrogen and oxygen atoms in total. The molecule has 0 amide bonds. The zero-order valence-electron chi connectivity index (χ0n) is 16.5. The van der Waals surface area contributed by atoms with Gasteiger partial charge in [-0.05, 0) is 43.3 Å². The highest BCUT2D eigenvalue weighted by atomic mass is 35.5. The van der Waals surface area contributed by atoms with Crippen molar-refractivity contribution in [2.24, 2.45) is 0 Å². The van der Waals surface area contributed by atoms with Crippen LogP contribution in [0.4, 0.5) is 4.39 Å². The van der Waals surface area contributed by atoms with E-state index in [9.17, 15) is 4.39 Å². The molecule has 7 heteroatoms. The monoisotopic (exact) mass is 422 g/mol. The highest BCUT2D eigenvalue weighted by Crippen LogP contribution is 2.35. The molecule has 4 aromatic rings. The van der Waals surface area contributed by atoms with Gasteiger partial charge in [-0.25, -0.2) is 14.4 Å². The summed E-state index contributed by atoms with van der Waals surface area (Å²) in [5, 5.41) is 1.42. The lowest BCUT2D eigenvalue weighted by Crippen LogP contribution is -2.25. The number of nitrogens with zero attached hydrogens (tertiary/aromatic N) is 4. The maximum absolute atomic E-state index is 13.6. The predicted octanol–water partition coefficient (Wildman–Crippen LogP) is 4.92. The molecule has 3 heterocycles. The lowest BCUT2D eigenvalue weighted by atomic mass is 10.1. The molecule has 0 fully saturated rings. The summed E-state index contributed by atoms with van der Waals surface area (Å²) >= 11 is 6.60. The number of fused-ring (bicyclic) bond motifs is 2. The normalized spacial score (nSPS) is 14.4. The van der Waals surface area contributed by atoms with E-state index >= 15 is 0 Å². The summed E-state index contributed by atoms with van der Waals surface area (Å²) < 4.78 is 21.6. The van der Waals surface area contributed by atoms with E-state index in [1.54, 1.807) is 6.07 Å². The van der Waals surface area contributed by atoms with Crippen LogP contribution in [0.25, 0.3) is 16.6 Å². The smallest absolute Gasteiger partial charge is 0.142 e. The van der Waals surface area contributed by atoms with E-state index in [4.69, 9.17) is 16.3 Å². The Morgan fingerprint density at radius 2 is 1.97 bits per heavy atom. The fourth-order valence-electron chi connectivity index (χ4n) is 3.88. The molecule has 1 aliphatic heterocycles. The standard InChI is InChI=1S/C23H20ClFN4O/c1-15-26-11-16(12-27-15)13-28-6-7-30-23-18(14-28)9-20(10-21(23)24)29-5-4-17-8-19(25)2-3-22(17)29/h2-5,8-12H,6-7,13-14H2,1H3. The number of aromatic nitrogens is 3. The lowest BCUT2D eigenvalue weighted by Gasteiger charge is -2.19. The van der Waals surface area contributed by atoms with Gasteiger partial charge in [0, 0.05) is 60.4 Å². The summed E-state index contributed by atoms with van der Waals surface area (Å²) in [7, 11) is 0. The molecule has 0 atom stereocenters. The third kappa shape index (κ3) is 3.64. The van der Waals surface area contributed by atoms with E-state index in [1.807, 2.05) is 42.2 Å². The van der Waals surface area contributed by atoms with Crippen LogP contribution in [0, 0.1) is 12.7 Å². The highest BCUT2D eigenvalue weighted by molar-refractivity contribution is 6.32. The summed E-state index contributed by atoms with van der Waals surface area (Å²) in [5.41, 5.74) is 3.93. The molecule has 0 unspecified atom stereocenters. The van der Waals surface area contributed by atoms with Crippen molar-refractivity contribution < 1.29 is 9.13 Å². The van der Waals surface area contributed by atoms with Crippen LogP contribution in [0.2, 0.25) is 5.02 Å². The molecular formula is C23H20ClFN4O. The number of aryl methyl sites for hydroxylation is 1. The largest absolute Gasteiger partial charge is 0.490 e. The van der Waals surface area contributed by atoms with Crippen molar-refractivity contribution in [3.8, 4) is 11.4 Å². The second-order valence-electron chi connectivity index (χ2n) is 7.50. The molecule has 0 aliphatic carbocycles. The highest BCUT2D eigenvalue weighted by Gasteiger charge is 2.20. The van der Waals surface area contributed by atoms with Gasteiger partial charge in [0.2, 0.25) is 0 Å². The minimum atomic E-state index is -0.246. The molecule has 1 aliphatic rings. The Bertz CT molecular complexity index is 1220. The minimum Gasteiger partial charge on any atom is -0.490 e. The summed E-state index contributed by atoms with van der Waals surface area (Å²) in [6, 6.07) is 10.7. The summed E-state index contributed by atoms with van der Waals surface area (Å²) in [6.45, 7) is 4.65. The second-order valence-corrected chi connectivity index (χ2v) is 7.91. The first-order valence-electron chi connectivity index (χ1n) is 9.79. The Morgan fingerprint density at radius 3 is 2.80 bits per heavy atom. The molecular weight excluding hydrogens is 403 g/mol. The van der Waals surface area contributed by atoms with Crippen molar-refractivity contribution in [2.45, 2.75) is 20.0 Å². The lowest BCUT2D eigenvalue weighted by molar-refractivity contribution is 0.219. The van der Waals surface area contributed by atoms with Gasteiger partial charge in [-0.2, -0.15) is 0 Å². The zero-order valence-corrected chi connectivity index (χ0v) is 17.2. The van der Waals surface area contributed by atoms with E-state index in [1.165, 1.54) is 12.1 Å². The van der Waals surface area contributed by atoms with E-state index in [0.717, 1.165) is 52.4 Å². The van der Waals surface area contributed by atoms with Gasteiger partial charge in [0.05, 0.1) is 10.5 Å². The van der Waals surface area contributed by atoms with Gasteiger partial charge < -0.3 is 9.30 Å². The molecule has 0 bridgehead atoms. The molecule has 0 spiro atoms. The summed E-state index contributed by atoms with van der Waals surface area (Å²) in [6.07, 6.45) is 5.66. The molecule has 0 radical (unpaired) electrons. The molecule has 0 N–H and O–H groups in total. The molecule has 2 aromatic heterocycles. The van der Waals surface area contributed by atoms with Crippen LogP contribution in [0.1, 0.15) is 17.0 Å². The maximum atomic E-state index is 13.6. The predicted molar refractivity (Wildman–Crippen MR) is 115 cm³/mol.